The second kappa shape index (κ2) is 7.97. The predicted molar refractivity (Wildman–Crippen MR) is 121 cm³/mol. The van der Waals surface area contributed by atoms with Crippen LogP contribution in [0, 0.1) is 12.7 Å². The Morgan fingerprint density at radius 2 is 1.90 bits per heavy atom. The van der Waals surface area contributed by atoms with Crippen molar-refractivity contribution in [1.29, 1.82) is 0 Å². The van der Waals surface area contributed by atoms with Crippen LogP contribution in [0.2, 0.25) is 0 Å². The average Bonchev–Trinajstić information content (AvgIpc) is 3.20. The van der Waals surface area contributed by atoms with E-state index in [1.807, 2.05) is 37.3 Å². The van der Waals surface area contributed by atoms with Crippen molar-refractivity contribution in [3.05, 3.63) is 90.3 Å². The minimum atomic E-state index is -0.271. The highest BCUT2D eigenvalue weighted by Crippen LogP contribution is 2.37. The van der Waals surface area contributed by atoms with Crippen molar-refractivity contribution in [2.24, 2.45) is 5.73 Å². The van der Waals surface area contributed by atoms with E-state index >= 15 is 0 Å². The van der Waals surface area contributed by atoms with Crippen LogP contribution >= 0.6 is 0 Å². The third kappa shape index (κ3) is 3.51. The molecule has 0 bridgehead atoms. The molecule has 4 rings (SSSR count). The van der Waals surface area contributed by atoms with Crippen molar-refractivity contribution in [3.8, 4) is 22.4 Å². The molecule has 4 nitrogen and oxygen atoms in total. The van der Waals surface area contributed by atoms with Crippen LogP contribution in [-0.4, -0.2) is 10.9 Å². The Kier molecular flexibility index (Phi) is 5.21. The van der Waals surface area contributed by atoms with E-state index in [1.165, 1.54) is 18.2 Å². The molecule has 1 heterocycles. The van der Waals surface area contributed by atoms with Gasteiger partial charge in [0.05, 0.1) is 5.52 Å². The molecule has 0 unspecified atom stereocenters. The summed E-state index contributed by atoms with van der Waals surface area (Å²) in [6, 6.07) is 18.3. The molecular weight excluding hydrogens is 377 g/mol. The third-order valence-corrected chi connectivity index (χ3v) is 5.32. The highest BCUT2D eigenvalue weighted by Gasteiger charge is 2.15. The molecule has 0 aliphatic carbocycles. The fraction of sp³-hybridized carbons (Fsp3) is 0.0800. The highest BCUT2D eigenvalue weighted by atomic mass is 19.1. The molecule has 0 saturated heterocycles. The smallest absolute Gasteiger partial charge is 0.247 e. The number of aromatic nitrogens is 1. The van der Waals surface area contributed by atoms with Gasteiger partial charge < -0.3 is 16.0 Å². The number of hydrogen-bond donors (Lipinski definition) is 3. The maximum Gasteiger partial charge on any atom is 0.247 e. The fourth-order valence-corrected chi connectivity index (χ4v) is 3.71. The molecule has 30 heavy (non-hydrogen) atoms. The van der Waals surface area contributed by atoms with Gasteiger partial charge in [0, 0.05) is 23.3 Å². The number of rotatable bonds is 5. The summed E-state index contributed by atoms with van der Waals surface area (Å²) in [5.74, 6) is -0.522. The lowest BCUT2D eigenvalue weighted by atomic mass is 9.94. The Morgan fingerprint density at radius 1 is 1.13 bits per heavy atom. The Labute approximate surface area is 174 Å². The van der Waals surface area contributed by atoms with Crippen molar-refractivity contribution < 1.29 is 9.18 Å². The predicted octanol–water partition coefficient (Wildman–Crippen LogP) is 5.53. The van der Waals surface area contributed by atoms with E-state index in [1.54, 1.807) is 12.1 Å². The van der Waals surface area contributed by atoms with Gasteiger partial charge in [-0.05, 0) is 77.2 Å². The zero-order valence-corrected chi connectivity index (χ0v) is 16.6. The van der Waals surface area contributed by atoms with Gasteiger partial charge in [-0.15, -0.1) is 0 Å². The quantitative estimate of drug-likeness (QED) is 0.386. The first-order valence-electron chi connectivity index (χ1n) is 9.66. The summed E-state index contributed by atoms with van der Waals surface area (Å²) in [6.07, 6.45) is 1.25. The lowest BCUT2D eigenvalue weighted by molar-refractivity contribution is -0.111. The van der Waals surface area contributed by atoms with Gasteiger partial charge in [0.15, 0.2) is 0 Å². The zero-order valence-electron chi connectivity index (χ0n) is 16.6. The van der Waals surface area contributed by atoms with Crippen molar-refractivity contribution in [1.82, 2.24) is 4.98 Å². The summed E-state index contributed by atoms with van der Waals surface area (Å²) in [6.45, 7) is 5.89. The van der Waals surface area contributed by atoms with Crippen LogP contribution in [0.5, 0.6) is 0 Å². The fourth-order valence-electron chi connectivity index (χ4n) is 3.71. The summed E-state index contributed by atoms with van der Waals surface area (Å²) < 4.78 is 13.3. The number of anilines is 1. The number of nitrogens with one attached hydrogen (secondary N) is 2. The molecule has 0 saturated carbocycles. The molecule has 0 fully saturated rings. The van der Waals surface area contributed by atoms with Crippen molar-refractivity contribution in [3.63, 3.8) is 0 Å². The molecule has 1 aromatic heterocycles. The second-order valence-corrected chi connectivity index (χ2v) is 7.13. The van der Waals surface area contributed by atoms with E-state index in [0.29, 0.717) is 6.54 Å². The number of carbonyl (C=O) groups excluding carboxylic acids is 1. The maximum atomic E-state index is 13.3. The minimum absolute atomic E-state index is 0.251. The van der Waals surface area contributed by atoms with Crippen LogP contribution in [0.1, 0.15) is 11.1 Å². The molecule has 5 heteroatoms. The Morgan fingerprint density at radius 3 is 2.60 bits per heavy atom. The lowest BCUT2D eigenvalue weighted by Crippen LogP contribution is -2.08. The summed E-state index contributed by atoms with van der Waals surface area (Å²) in [7, 11) is 0. The molecule has 1 amide bonds. The standard InChI is InChI=1S/C25H22FN3O/c1-3-24(30)28-22-6-4-5-19(15(22)2)20-12-9-17(14-27)25-21(20)13-23(29-25)16-7-10-18(26)11-8-16/h3-13,29H,1,14,27H2,2H3,(H,28,30). The van der Waals surface area contributed by atoms with Crippen molar-refractivity contribution in [2.45, 2.75) is 13.5 Å². The van der Waals surface area contributed by atoms with E-state index in [4.69, 9.17) is 5.73 Å². The summed E-state index contributed by atoms with van der Waals surface area (Å²) >= 11 is 0. The number of carbonyl (C=O) groups is 1. The van der Waals surface area contributed by atoms with E-state index in [0.717, 1.165) is 50.1 Å². The van der Waals surface area contributed by atoms with Crippen LogP contribution in [0.15, 0.2) is 73.3 Å². The number of hydrogen-bond acceptors (Lipinski definition) is 2. The largest absolute Gasteiger partial charge is 0.354 e. The van der Waals surface area contributed by atoms with Gasteiger partial charge in [0.1, 0.15) is 5.82 Å². The van der Waals surface area contributed by atoms with Gasteiger partial charge in [-0.1, -0.05) is 30.8 Å². The van der Waals surface area contributed by atoms with Gasteiger partial charge in [-0.3, -0.25) is 4.79 Å². The summed E-state index contributed by atoms with van der Waals surface area (Å²) in [5.41, 5.74) is 13.4. The van der Waals surface area contributed by atoms with Gasteiger partial charge in [-0.25, -0.2) is 4.39 Å². The molecule has 150 valence electrons. The summed E-state index contributed by atoms with van der Waals surface area (Å²) in [5, 5.41) is 3.88. The summed E-state index contributed by atoms with van der Waals surface area (Å²) in [4.78, 5) is 15.2. The first-order valence-corrected chi connectivity index (χ1v) is 9.66. The second-order valence-electron chi connectivity index (χ2n) is 7.13. The SMILES string of the molecule is C=CC(=O)Nc1cccc(-c2ccc(CN)c3[nH]c(-c4ccc(F)cc4)cc23)c1C. The van der Waals surface area contributed by atoms with Crippen LogP contribution < -0.4 is 11.1 Å². The molecule has 4 aromatic rings. The zero-order chi connectivity index (χ0) is 21.3. The van der Waals surface area contributed by atoms with Gasteiger partial charge in [-0.2, -0.15) is 0 Å². The average molecular weight is 399 g/mol. The van der Waals surface area contributed by atoms with Gasteiger partial charge >= 0.3 is 0 Å². The normalized spacial score (nSPS) is 10.9. The molecule has 0 aliphatic rings. The molecule has 3 aromatic carbocycles. The molecule has 0 radical (unpaired) electrons. The van der Waals surface area contributed by atoms with Crippen molar-refractivity contribution >= 4 is 22.5 Å². The topological polar surface area (TPSA) is 70.9 Å². The van der Waals surface area contributed by atoms with Crippen LogP contribution in [0.25, 0.3) is 33.3 Å². The first-order chi connectivity index (χ1) is 14.5. The lowest BCUT2D eigenvalue weighted by Gasteiger charge is -2.13. The molecule has 0 atom stereocenters. The first kappa shape index (κ1) is 19.6. The van der Waals surface area contributed by atoms with Crippen LogP contribution in [0.3, 0.4) is 0 Å². The molecule has 0 spiro atoms. The Bertz CT molecular complexity index is 1260. The van der Waals surface area contributed by atoms with Crippen molar-refractivity contribution in [2.75, 3.05) is 5.32 Å². The van der Waals surface area contributed by atoms with Crippen LogP contribution in [-0.2, 0) is 11.3 Å². The number of benzene rings is 3. The monoisotopic (exact) mass is 399 g/mol. The minimum Gasteiger partial charge on any atom is -0.354 e. The van der Waals surface area contributed by atoms with Gasteiger partial charge in [0.2, 0.25) is 5.91 Å². The Hall–Kier alpha value is -3.70. The van der Waals surface area contributed by atoms with Gasteiger partial charge in [0.25, 0.3) is 0 Å². The number of halogens is 1. The molecule has 0 aliphatic heterocycles. The number of amides is 1. The van der Waals surface area contributed by atoms with Crippen LogP contribution in [0.4, 0.5) is 10.1 Å². The third-order valence-electron chi connectivity index (χ3n) is 5.32. The molecule has 4 N–H and O–H groups in total. The number of H-pyrrole nitrogens is 1. The van der Waals surface area contributed by atoms with E-state index in [9.17, 15) is 9.18 Å². The van der Waals surface area contributed by atoms with E-state index < -0.39 is 0 Å². The molecular formula is C25H22FN3O. The highest BCUT2D eigenvalue weighted by molar-refractivity contribution is 6.03. The Balaban J connectivity index is 1.90. The van der Waals surface area contributed by atoms with E-state index in [2.05, 4.69) is 22.9 Å². The maximum absolute atomic E-state index is 13.3. The van der Waals surface area contributed by atoms with E-state index in [-0.39, 0.29) is 11.7 Å². The number of nitrogens with two attached hydrogens (primary N) is 1. The number of aromatic amines is 1. The number of fused-ring (bicyclic) bond motifs is 1.